The van der Waals surface area contributed by atoms with Crippen LogP contribution in [0.1, 0.15) is 21.8 Å². The van der Waals surface area contributed by atoms with Crippen LogP contribution in [0.2, 0.25) is 0 Å². The minimum absolute atomic E-state index is 0.120. The zero-order chi connectivity index (χ0) is 8.84. The summed E-state index contributed by atoms with van der Waals surface area (Å²) in [7, 11) is 0. The summed E-state index contributed by atoms with van der Waals surface area (Å²) in [6.45, 7) is 0. The first-order chi connectivity index (χ1) is 6.36. The Morgan fingerprint density at radius 2 is 2.46 bits per heavy atom. The Labute approximate surface area is 77.5 Å². The van der Waals surface area contributed by atoms with Gasteiger partial charge < -0.3 is 0 Å². The average molecular weight is 191 g/mol. The van der Waals surface area contributed by atoms with E-state index >= 15 is 0 Å². The highest BCUT2D eigenvalue weighted by Gasteiger charge is 2.20. The van der Waals surface area contributed by atoms with E-state index in [-0.39, 0.29) is 5.78 Å². The predicted octanol–water partition coefficient (Wildman–Crippen LogP) is 1.39. The summed E-state index contributed by atoms with van der Waals surface area (Å²) in [5, 5.41) is 7.62. The molecule has 0 N–H and O–H groups in total. The van der Waals surface area contributed by atoms with Gasteiger partial charge in [0.1, 0.15) is 10.5 Å². The third-order valence-corrected chi connectivity index (χ3v) is 3.05. The lowest BCUT2D eigenvalue weighted by molar-refractivity contribution is 0.0988. The molecular formula is C8H5N3OS. The van der Waals surface area contributed by atoms with Crippen LogP contribution in [0.3, 0.4) is 0 Å². The molecule has 0 radical (unpaired) electrons. The number of hydrogen-bond acceptors (Lipinski definition) is 4. The Morgan fingerprint density at radius 1 is 1.54 bits per heavy atom. The van der Waals surface area contributed by atoms with E-state index in [9.17, 15) is 4.79 Å². The normalized spacial score (nSPS) is 15.2. The van der Waals surface area contributed by atoms with Crippen molar-refractivity contribution in [2.75, 3.05) is 0 Å². The zero-order valence-electron chi connectivity index (χ0n) is 6.60. The van der Waals surface area contributed by atoms with Gasteiger partial charge in [0, 0.05) is 6.42 Å². The molecule has 13 heavy (non-hydrogen) atoms. The number of nitrogens with zero attached hydrogens (tertiary/aromatic N) is 3. The average Bonchev–Trinajstić information content (AvgIpc) is 2.62. The van der Waals surface area contributed by atoms with E-state index in [1.54, 1.807) is 22.0 Å². The minimum atomic E-state index is 0.120. The number of ketones is 1. The molecule has 0 amide bonds. The van der Waals surface area contributed by atoms with Gasteiger partial charge in [-0.2, -0.15) is 4.52 Å². The van der Waals surface area contributed by atoms with E-state index in [0.29, 0.717) is 12.1 Å². The van der Waals surface area contributed by atoms with Gasteiger partial charge in [-0.15, -0.1) is 16.4 Å². The first kappa shape index (κ1) is 6.97. The molecule has 0 spiro atoms. The van der Waals surface area contributed by atoms with Gasteiger partial charge in [-0.1, -0.05) is 11.3 Å². The standard InChI is InChI=1S/C8H5N3OS/c12-5-2-1-3-6-8(5)11-7(13-6)4-9-10-11/h1,3-4H,2H2. The van der Waals surface area contributed by atoms with Crippen LogP contribution in [0.4, 0.5) is 0 Å². The number of fused-ring (bicyclic) bond motifs is 3. The van der Waals surface area contributed by atoms with E-state index < -0.39 is 0 Å². The van der Waals surface area contributed by atoms with Gasteiger partial charge in [0.05, 0.1) is 11.1 Å². The minimum Gasteiger partial charge on any atom is -0.292 e. The molecule has 64 valence electrons. The first-order valence-corrected chi connectivity index (χ1v) is 4.71. The summed E-state index contributed by atoms with van der Waals surface area (Å²) < 4.78 is 1.62. The van der Waals surface area contributed by atoms with Gasteiger partial charge >= 0.3 is 0 Å². The number of aromatic nitrogens is 3. The molecule has 0 unspecified atom stereocenters. The number of hydrogen-bond donors (Lipinski definition) is 0. The third-order valence-electron chi connectivity index (χ3n) is 2.01. The highest BCUT2D eigenvalue weighted by atomic mass is 32.1. The third kappa shape index (κ3) is 0.818. The molecule has 0 saturated heterocycles. The molecule has 0 fully saturated rings. The van der Waals surface area contributed by atoms with Crippen molar-refractivity contribution in [3.05, 3.63) is 22.8 Å². The molecule has 0 saturated carbocycles. The quantitative estimate of drug-likeness (QED) is 0.632. The Kier molecular flexibility index (Phi) is 1.21. The summed E-state index contributed by atoms with van der Waals surface area (Å²) >= 11 is 1.54. The number of rotatable bonds is 0. The topological polar surface area (TPSA) is 47.3 Å². The van der Waals surface area contributed by atoms with Gasteiger partial charge in [0.15, 0.2) is 5.78 Å². The molecule has 0 aliphatic heterocycles. The molecule has 2 aromatic rings. The van der Waals surface area contributed by atoms with E-state index in [1.165, 1.54) is 0 Å². The largest absolute Gasteiger partial charge is 0.292 e. The molecule has 0 aromatic carbocycles. The lowest BCUT2D eigenvalue weighted by Gasteiger charge is -2.01. The van der Waals surface area contributed by atoms with Crippen LogP contribution in [0.25, 0.3) is 10.9 Å². The molecule has 0 bridgehead atoms. The summed E-state index contributed by atoms with van der Waals surface area (Å²) in [6, 6.07) is 0. The van der Waals surface area contributed by atoms with Crippen molar-refractivity contribution >= 4 is 28.0 Å². The van der Waals surface area contributed by atoms with Crippen molar-refractivity contribution in [3.8, 4) is 0 Å². The fourth-order valence-electron chi connectivity index (χ4n) is 1.45. The summed E-state index contributed by atoms with van der Waals surface area (Å²) in [6.07, 6.45) is 5.99. The van der Waals surface area contributed by atoms with Crippen molar-refractivity contribution in [3.63, 3.8) is 0 Å². The summed E-state index contributed by atoms with van der Waals surface area (Å²) in [4.78, 5) is 13.4. The highest BCUT2D eigenvalue weighted by Crippen LogP contribution is 2.27. The van der Waals surface area contributed by atoms with Crippen molar-refractivity contribution < 1.29 is 4.79 Å². The van der Waals surface area contributed by atoms with Crippen LogP contribution in [-0.4, -0.2) is 20.6 Å². The second kappa shape index (κ2) is 2.26. The highest BCUT2D eigenvalue weighted by molar-refractivity contribution is 7.18. The fourth-order valence-corrected chi connectivity index (χ4v) is 2.45. The van der Waals surface area contributed by atoms with Crippen molar-refractivity contribution in [2.45, 2.75) is 6.42 Å². The molecule has 0 atom stereocenters. The van der Waals surface area contributed by atoms with Crippen LogP contribution in [0, 0.1) is 0 Å². The fraction of sp³-hybridized carbons (Fsp3) is 0.125. The first-order valence-electron chi connectivity index (χ1n) is 3.89. The molecule has 4 nitrogen and oxygen atoms in total. The molecule has 5 heteroatoms. The number of allylic oxidation sites excluding steroid dienone is 1. The lowest BCUT2D eigenvalue weighted by atomic mass is 10.1. The van der Waals surface area contributed by atoms with E-state index in [1.807, 2.05) is 12.2 Å². The predicted molar refractivity (Wildman–Crippen MR) is 48.8 cm³/mol. The SMILES string of the molecule is O=C1CC=Cc2sc3cnnn3c21. The molecule has 3 rings (SSSR count). The van der Waals surface area contributed by atoms with E-state index in [0.717, 1.165) is 9.71 Å². The zero-order valence-corrected chi connectivity index (χ0v) is 7.41. The smallest absolute Gasteiger partial charge is 0.186 e. The Balaban J connectivity index is 2.47. The van der Waals surface area contributed by atoms with Crippen LogP contribution in [0.15, 0.2) is 12.3 Å². The Bertz CT molecular complexity index is 522. The molecule has 1 aliphatic rings. The number of thiazole rings is 1. The molecule has 1 aliphatic carbocycles. The Morgan fingerprint density at radius 3 is 3.38 bits per heavy atom. The molecule has 2 heterocycles. The van der Waals surface area contributed by atoms with Crippen LogP contribution >= 0.6 is 11.3 Å². The maximum Gasteiger partial charge on any atom is 0.186 e. The lowest BCUT2D eigenvalue weighted by Crippen LogP contribution is -2.07. The van der Waals surface area contributed by atoms with E-state index in [2.05, 4.69) is 10.3 Å². The van der Waals surface area contributed by atoms with E-state index in [4.69, 9.17) is 0 Å². The van der Waals surface area contributed by atoms with Gasteiger partial charge in [0.25, 0.3) is 0 Å². The molecular weight excluding hydrogens is 186 g/mol. The summed E-state index contributed by atoms with van der Waals surface area (Å²) in [5.41, 5.74) is 0.681. The second-order valence-electron chi connectivity index (χ2n) is 2.83. The van der Waals surface area contributed by atoms with Crippen LogP contribution in [0.5, 0.6) is 0 Å². The van der Waals surface area contributed by atoms with Gasteiger partial charge in [-0.3, -0.25) is 4.79 Å². The summed E-state index contributed by atoms with van der Waals surface area (Å²) in [5.74, 6) is 0.120. The number of Topliss-reactive ketones (excluding diaryl/α,β-unsaturated/α-hetero) is 1. The van der Waals surface area contributed by atoms with Crippen molar-refractivity contribution in [1.29, 1.82) is 0 Å². The molecule has 2 aromatic heterocycles. The monoisotopic (exact) mass is 191 g/mol. The van der Waals surface area contributed by atoms with Crippen molar-refractivity contribution in [2.24, 2.45) is 0 Å². The van der Waals surface area contributed by atoms with Crippen LogP contribution in [-0.2, 0) is 0 Å². The Hall–Kier alpha value is -1.49. The number of carbonyl (C=O) groups excluding carboxylic acids is 1. The maximum absolute atomic E-state index is 11.5. The van der Waals surface area contributed by atoms with Crippen LogP contribution < -0.4 is 0 Å². The van der Waals surface area contributed by atoms with Gasteiger partial charge in [-0.05, 0) is 6.08 Å². The second-order valence-corrected chi connectivity index (χ2v) is 3.89. The van der Waals surface area contributed by atoms with Gasteiger partial charge in [0.2, 0.25) is 0 Å². The van der Waals surface area contributed by atoms with Gasteiger partial charge in [-0.25, -0.2) is 0 Å². The van der Waals surface area contributed by atoms with Crippen molar-refractivity contribution in [1.82, 2.24) is 14.8 Å². The number of carbonyl (C=O) groups is 1. The maximum atomic E-state index is 11.5.